The van der Waals surface area contributed by atoms with Crippen molar-refractivity contribution in [1.82, 2.24) is 10.2 Å². The third-order valence-corrected chi connectivity index (χ3v) is 4.11. The summed E-state index contributed by atoms with van der Waals surface area (Å²) in [5.41, 5.74) is 0.524. The lowest BCUT2D eigenvalue weighted by Gasteiger charge is -2.32. The minimum atomic E-state index is -0.897. The fourth-order valence-corrected chi connectivity index (χ4v) is 2.76. The van der Waals surface area contributed by atoms with Crippen molar-refractivity contribution in [3.8, 4) is 0 Å². The van der Waals surface area contributed by atoms with Crippen LogP contribution in [0.25, 0.3) is 0 Å². The zero-order valence-electron chi connectivity index (χ0n) is 12.8. The summed E-state index contributed by atoms with van der Waals surface area (Å²) in [5, 5.41) is 3.14. The van der Waals surface area contributed by atoms with Crippen molar-refractivity contribution < 1.29 is 13.6 Å². The van der Waals surface area contributed by atoms with Crippen molar-refractivity contribution >= 4 is 18.3 Å². The van der Waals surface area contributed by atoms with Gasteiger partial charge in [0.15, 0.2) is 11.6 Å². The highest BCUT2D eigenvalue weighted by Gasteiger charge is 2.22. The summed E-state index contributed by atoms with van der Waals surface area (Å²) < 4.78 is 26.0. The Hall–Kier alpha value is -1.20. The average molecular weight is 333 g/mol. The number of hydrogen-bond acceptors (Lipinski definition) is 2. The smallest absolute Gasteiger partial charge is 0.226 e. The van der Waals surface area contributed by atoms with Gasteiger partial charge in [-0.2, -0.15) is 0 Å². The van der Waals surface area contributed by atoms with Gasteiger partial charge in [0, 0.05) is 13.1 Å². The van der Waals surface area contributed by atoms with Crippen LogP contribution in [-0.2, 0) is 11.2 Å². The Morgan fingerprint density at radius 1 is 1.27 bits per heavy atom. The fraction of sp³-hybridized carbons (Fsp3) is 0.562. The first-order valence-electron chi connectivity index (χ1n) is 7.46. The molecule has 1 aliphatic heterocycles. The maximum absolute atomic E-state index is 13.1. The zero-order valence-corrected chi connectivity index (χ0v) is 13.6. The molecule has 0 spiro atoms. The van der Waals surface area contributed by atoms with E-state index in [0.29, 0.717) is 11.5 Å². The van der Waals surface area contributed by atoms with Crippen molar-refractivity contribution in [2.24, 2.45) is 5.92 Å². The molecule has 6 heteroatoms. The summed E-state index contributed by atoms with van der Waals surface area (Å²) in [4.78, 5) is 14.0. The molecule has 1 aromatic rings. The predicted molar refractivity (Wildman–Crippen MR) is 85.2 cm³/mol. The standard InChI is InChI=1S/C16H22F2N2O.ClH/c1-19-7-4-12-5-8-20(9-6-12)16(21)11-13-2-3-14(17)15(18)10-13;/h2-3,10,12,19H,4-9,11H2,1H3;1H. The lowest BCUT2D eigenvalue weighted by atomic mass is 9.93. The van der Waals surface area contributed by atoms with Crippen molar-refractivity contribution in [2.75, 3.05) is 26.7 Å². The number of piperidine rings is 1. The topological polar surface area (TPSA) is 32.3 Å². The van der Waals surface area contributed by atoms with Crippen LogP contribution in [0.15, 0.2) is 18.2 Å². The van der Waals surface area contributed by atoms with Gasteiger partial charge in [-0.1, -0.05) is 6.07 Å². The van der Waals surface area contributed by atoms with Gasteiger partial charge in [0.25, 0.3) is 0 Å². The summed E-state index contributed by atoms with van der Waals surface area (Å²) in [6.45, 7) is 2.53. The molecule has 1 aromatic carbocycles. The number of carbonyl (C=O) groups excluding carboxylic acids is 1. The first-order chi connectivity index (χ1) is 10.1. The molecule has 1 fully saturated rings. The Labute approximate surface area is 136 Å². The number of benzene rings is 1. The summed E-state index contributed by atoms with van der Waals surface area (Å²) >= 11 is 0. The summed E-state index contributed by atoms with van der Waals surface area (Å²) in [5.74, 6) is -1.11. The number of hydrogen-bond donors (Lipinski definition) is 1. The summed E-state index contributed by atoms with van der Waals surface area (Å²) in [7, 11) is 1.94. The second kappa shape index (κ2) is 9.06. The van der Waals surface area contributed by atoms with E-state index in [4.69, 9.17) is 0 Å². The van der Waals surface area contributed by atoms with E-state index in [0.717, 1.165) is 51.0 Å². The molecule has 0 saturated carbocycles. The number of likely N-dealkylation sites (tertiary alicyclic amines) is 1. The van der Waals surface area contributed by atoms with Gasteiger partial charge in [0.05, 0.1) is 6.42 Å². The lowest BCUT2D eigenvalue weighted by Crippen LogP contribution is -2.39. The minimum Gasteiger partial charge on any atom is -0.342 e. The predicted octanol–water partition coefficient (Wildman–Crippen LogP) is 2.78. The third-order valence-electron chi connectivity index (χ3n) is 4.11. The number of nitrogens with zero attached hydrogens (tertiary/aromatic N) is 1. The SMILES string of the molecule is CNCCC1CCN(C(=O)Cc2ccc(F)c(F)c2)CC1.Cl. The molecule has 0 radical (unpaired) electrons. The van der Waals surface area contributed by atoms with Gasteiger partial charge < -0.3 is 10.2 Å². The molecular formula is C16H23ClF2N2O. The van der Waals surface area contributed by atoms with Gasteiger partial charge in [0.2, 0.25) is 5.91 Å². The molecule has 0 atom stereocenters. The monoisotopic (exact) mass is 332 g/mol. The number of rotatable bonds is 5. The summed E-state index contributed by atoms with van der Waals surface area (Å²) in [6.07, 6.45) is 3.32. The molecule has 0 unspecified atom stereocenters. The van der Waals surface area contributed by atoms with Crippen LogP contribution in [0.3, 0.4) is 0 Å². The van der Waals surface area contributed by atoms with E-state index >= 15 is 0 Å². The highest BCUT2D eigenvalue weighted by Crippen LogP contribution is 2.21. The van der Waals surface area contributed by atoms with E-state index in [1.54, 1.807) is 0 Å². The van der Waals surface area contributed by atoms with E-state index in [-0.39, 0.29) is 24.7 Å². The first-order valence-corrected chi connectivity index (χ1v) is 7.46. The van der Waals surface area contributed by atoms with Crippen LogP contribution in [0.1, 0.15) is 24.8 Å². The minimum absolute atomic E-state index is 0. The van der Waals surface area contributed by atoms with Gasteiger partial charge in [-0.3, -0.25) is 4.79 Å². The van der Waals surface area contributed by atoms with Gasteiger partial charge in [0.1, 0.15) is 0 Å². The molecule has 22 heavy (non-hydrogen) atoms. The second-order valence-electron chi connectivity index (χ2n) is 5.64. The van der Waals surface area contributed by atoms with Crippen molar-refractivity contribution in [2.45, 2.75) is 25.7 Å². The summed E-state index contributed by atoms with van der Waals surface area (Å²) in [6, 6.07) is 3.64. The normalized spacial score (nSPS) is 15.5. The molecule has 124 valence electrons. The Balaban J connectivity index is 0.00000242. The molecule has 1 saturated heterocycles. The van der Waals surface area contributed by atoms with E-state index in [1.165, 1.54) is 6.07 Å². The Morgan fingerprint density at radius 3 is 2.55 bits per heavy atom. The molecule has 1 N–H and O–H groups in total. The Kier molecular flexibility index (Phi) is 7.76. The lowest BCUT2D eigenvalue weighted by molar-refractivity contribution is -0.131. The van der Waals surface area contributed by atoms with E-state index in [1.807, 2.05) is 11.9 Å². The first kappa shape index (κ1) is 18.8. The highest BCUT2D eigenvalue weighted by atomic mass is 35.5. The molecule has 1 amide bonds. The quantitative estimate of drug-likeness (QED) is 0.899. The molecular weight excluding hydrogens is 310 g/mol. The van der Waals surface area contributed by atoms with Gasteiger partial charge in [-0.25, -0.2) is 8.78 Å². The van der Waals surface area contributed by atoms with Crippen LogP contribution in [0, 0.1) is 17.6 Å². The van der Waals surface area contributed by atoms with E-state index in [2.05, 4.69) is 5.32 Å². The Morgan fingerprint density at radius 2 is 1.95 bits per heavy atom. The number of nitrogens with one attached hydrogen (secondary N) is 1. The molecule has 1 heterocycles. The largest absolute Gasteiger partial charge is 0.342 e. The van der Waals surface area contributed by atoms with Crippen LogP contribution in [-0.4, -0.2) is 37.5 Å². The molecule has 2 rings (SSSR count). The van der Waals surface area contributed by atoms with Crippen molar-refractivity contribution in [3.63, 3.8) is 0 Å². The highest BCUT2D eigenvalue weighted by molar-refractivity contribution is 5.85. The van der Waals surface area contributed by atoms with Gasteiger partial charge >= 0.3 is 0 Å². The van der Waals surface area contributed by atoms with Crippen LogP contribution >= 0.6 is 12.4 Å². The van der Waals surface area contributed by atoms with Crippen molar-refractivity contribution in [1.29, 1.82) is 0 Å². The number of amides is 1. The van der Waals surface area contributed by atoms with Crippen LogP contribution in [0.5, 0.6) is 0 Å². The number of halogens is 3. The third kappa shape index (κ3) is 5.21. The van der Waals surface area contributed by atoms with Gasteiger partial charge in [-0.15, -0.1) is 12.4 Å². The maximum atomic E-state index is 13.1. The van der Waals surface area contributed by atoms with Crippen LogP contribution in [0.4, 0.5) is 8.78 Å². The molecule has 0 aliphatic carbocycles. The zero-order chi connectivity index (χ0) is 15.2. The van der Waals surface area contributed by atoms with Crippen molar-refractivity contribution in [3.05, 3.63) is 35.4 Å². The fourth-order valence-electron chi connectivity index (χ4n) is 2.76. The number of carbonyl (C=O) groups is 1. The Bertz CT molecular complexity index is 491. The van der Waals surface area contributed by atoms with E-state index in [9.17, 15) is 13.6 Å². The van der Waals surface area contributed by atoms with Crippen LogP contribution in [0.2, 0.25) is 0 Å². The molecule has 0 bridgehead atoms. The van der Waals surface area contributed by atoms with E-state index < -0.39 is 11.6 Å². The molecule has 3 nitrogen and oxygen atoms in total. The molecule has 1 aliphatic rings. The second-order valence-corrected chi connectivity index (χ2v) is 5.64. The van der Waals surface area contributed by atoms with Gasteiger partial charge in [-0.05, 0) is 56.5 Å². The maximum Gasteiger partial charge on any atom is 0.226 e. The average Bonchev–Trinajstić information content (AvgIpc) is 2.49. The van der Waals surface area contributed by atoms with Crippen LogP contribution < -0.4 is 5.32 Å². The molecule has 0 aromatic heterocycles.